The highest BCUT2D eigenvalue weighted by atomic mass is 35.5. The van der Waals surface area contributed by atoms with E-state index in [2.05, 4.69) is 5.32 Å². The molecular formula is C18H22ClNO2S. The normalized spacial score (nSPS) is 13.6. The summed E-state index contributed by atoms with van der Waals surface area (Å²) in [5.74, 6) is 0.848. The molecule has 2 unspecified atom stereocenters. The number of rotatable bonds is 8. The van der Waals surface area contributed by atoms with Crippen molar-refractivity contribution >= 4 is 23.4 Å². The van der Waals surface area contributed by atoms with Crippen LogP contribution >= 0.6 is 23.4 Å². The summed E-state index contributed by atoms with van der Waals surface area (Å²) in [5, 5.41) is 14.2. The van der Waals surface area contributed by atoms with Crippen molar-refractivity contribution in [2.24, 2.45) is 0 Å². The zero-order valence-corrected chi connectivity index (χ0v) is 14.9. The van der Waals surface area contributed by atoms with Crippen molar-refractivity contribution in [1.82, 2.24) is 5.32 Å². The highest BCUT2D eigenvalue weighted by Crippen LogP contribution is 2.28. The molecule has 5 heteroatoms. The van der Waals surface area contributed by atoms with Gasteiger partial charge in [0.2, 0.25) is 0 Å². The van der Waals surface area contributed by atoms with Gasteiger partial charge in [0.05, 0.1) is 11.1 Å². The van der Waals surface area contributed by atoms with E-state index in [1.807, 2.05) is 61.7 Å². The van der Waals surface area contributed by atoms with Gasteiger partial charge in [-0.25, -0.2) is 0 Å². The summed E-state index contributed by atoms with van der Waals surface area (Å²) in [5.41, 5.74) is 0.816. The fourth-order valence-corrected chi connectivity index (χ4v) is 3.00. The second-order valence-corrected chi connectivity index (χ2v) is 6.60. The smallest absolute Gasteiger partial charge is 0.119 e. The average molecular weight is 352 g/mol. The maximum Gasteiger partial charge on any atom is 0.119 e. The SMILES string of the molecule is CSc1ccc(C(O)CNC(C)COc2ccccc2)cc1Cl. The topological polar surface area (TPSA) is 41.5 Å². The van der Waals surface area contributed by atoms with Crippen molar-refractivity contribution < 1.29 is 9.84 Å². The maximum atomic E-state index is 10.3. The fraction of sp³-hybridized carbons (Fsp3) is 0.333. The van der Waals surface area contributed by atoms with E-state index in [-0.39, 0.29) is 6.04 Å². The van der Waals surface area contributed by atoms with Gasteiger partial charge < -0.3 is 15.2 Å². The van der Waals surface area contributed by atoms with E-state index in [0.717, 1.165) is 16.2 Å². The minimum Gasteiger partial charge on any atom is -0.492 e. The first-order valence-corrected chi connectivity index (χ1v) is 9.13. The number of ether oxygens (including phenoxy) is 1. The Balaban J connectivity index is 1.79. The van der Waals surface area contributed by atoms with E-state index in [1.165, 1.54) is 0 Å². The van der Waals surface area contributed by atoms with Gasteiger partial charge in [-0.2, -0.15) is 0 Å². The Hall–Kier alpha value is -1.20. The molecule has 0 aromatic heterocycles. The van der Waals surface area contributed by atoms with Crippen molar-refractivity contribution in [2.75, 3.05) is 19.4 Å². The number of para-hydroxylation sites is 1. The molecular weight excluding hydrogens is 330 g/mol. The standard InChI is InChI=1S/C18H22ClNO2S/c1-13(12-22-15-6-4-3-5-7-15)20-11-17(21)14-8-9-18(23-2)16(19)10-14/h3-10,13,17,20-21H,11-12H2,1-2H3. The van der Waals surface area contributed by atoms with Crippen LogP contribution in [0.25, 0.3) is 0 Å². The van der Waals surface area contributed by atoms with Gasteiger partial charge in [-0.1, -0.05) is 35.9 Å². The van der Waals surface area contributed by atoms with Crippen LogP contribution in [0.15, 0.2) is 53.4 Å². The molecule has 0 saturated heterocycles. The Labute approximate surface area is 147 Å². The summed E-state index contributed by atoms with van der Waals surface area (Å²) in [4.78, 5) is 1.01. The predicted molar refractivity (Wildman–Crippen MR) is 97.6 cm³/mol. The summed E-state index contributed by atoms with van der Waals surface area (Å²) in [6.45, 7) is 3.02. The van der Waals surface area contributed by atoms with Crippen LogP contribution in [0.5, 0.6) is 5.75 Å². The molecule has 0 fully saturated rings. The van der Waals surface area contributed by atoms with Crippen LogP contribution in [-0.2, 0) is 0 Å². The number of nitrogens with one attached hydrogen (secondary N) is 1. The number of benzene rings is 2. The third-order valence-corrected chi connectivity index (χ3v) is 4.68. The summed E-state index contributed by atoms with van der Waals surface area (Å²) in [7, 11) is 0. The zero-order valence-electron chi connectivity index (χ0n) is 13.3. The quantitative estimate of drug-likeness (QED) is 0.701. The maximum absolute atomic E-state index is 10.3. The minimum atomic E-state index is -0.595. The molecule has 2 rings (SSSR count). The molecule has 0 heterocycles. The molecule has 2 aromatic carbocycles. The summed E-state index contributed by atoms with van der Waals surface area (Å²) in [6, 6.07) is 15.5. The van der Waals surface area contributed by atoms with Gasteiger partial charge in [0.25, 0.3) is 0 Å². The van der Waals surface area contributed by atoms with Crippen molar-refractivity contribution in [2.45, 2.75) is 24.0 Å². The van der Waals surface area contributed by atoms with Crippen LogP contribution < -0.4 is 10.1 Å². The van der Waals surface area contributed by atoms with Gasteiger partial charge in [-0.05, 0) is 43.0 Å². The molecule has 2 atom stereocenters. The van der Waals surface area contributed by atoms with Gasteiger partial charge >= 0.3 is 0 Å². The van der Waals surface area contributed by atoms with Crippen LogP contribution in [-0.4, -0.2) is 30.6 Å². The zero-order chi connectivity index (χ0) is 16.7. The highest BCUT2D eigenvalue weighted by Gasteiger charge is 2.11. The summed E-state index contributed by atoms with van der Waals surface area (Å²) >= 11 is 7.77. The molecule has 2 N–H and O–H groups in total. The molecule has 0 aliphatic rings. The minimum absolute atomic E-state index is 0.130. The van der Waals surface area contributed by atoms with E-state index < -0.39 is 6.10 Å². The third kappa shape index (κ3) is 5.74. The molecule has 0 aliphatic heterocycles. The van der Waals surface area contributed by atoms with Crippen LogP contribution in [0.2, 0.25) is 5.02 Å². The van der Waals surface area contributed by atoms with Crippen molar-refractivity contribution in [3.05, 3.63) is 59.1 Å². The number of aliphatic hydroxyl groups excluding tert-OH is 1. The Kier molecular flexibility index (Phi) is 7.24. The summed E-state index contributed by atoms with van der Waals surface area (Å²) in [6.07, 6.45) is 1.38. The number of halogens is 1. The Bertz CT molecular complexity index is 609. The molecule has 0 radical (unpaired) electrons. The second kappa shape index (κ2) is 9.18. The molecule has 0 spiro atoms. The number of hydrogen-bond donors (Lipinski definition) is 2. The van der Waals surface area contributed by atoms with Crippen LogP contribution in [0.4, 0.5) is 0 Å². The molecule has 0 bridgehead atoms. The van der Waals surface area contributed by atoms with Gasteiger partial charge in [0.15, 0.2) is 0 Å². The molecule has 0 saturated carbocycles. The Morgan fingerprint density at radius 2 is 1.96 bits per heavy atom. The van der Waals surface area contributed by atoms with Gasteiger partial charge in [0, 0.05) is 17.5 Å². The fourth-order valence-electron chi connectivity index (χ4n) is 2.12. The van der Waals surface area contributed by atoms with Crippen LogP contribution in [0.1, 0.15) is 18.6 Å². The predicted octanol–water partition coefficient (Wildman–Crippen LogP) is 4.15. The monoisotopic (exact) mass is 351 g/mol. The van der Waals surface area contributed by atoms with Crippen molar-refractivity contribution in [1.29, 1.82) is 0 Å². The second-order valence-electron chi connectivity index (χ2n) is 5.34. The van der Waals surface area contributed by atoms with E-state index in [9.17, 15) is 5.11 Å². The molecule has 0 amide bonds. The van der Waals surface area contributed by atoms with E-state index in [0.29, 0.717) is 18.2 Å². The molecule has 0 aliphatic carbocycles. The Morgan fingerprint density at radius 3 is 2.61 bits per heavy atom. The first kappa shape index (κ1) is 18.1. The summed E-state index contributed by atoms with van der Waals surface area (Å²) < 4.78 is 5.69. The number of thioether (sulfide) groups is 1. The van der Waals surface area contributed by atoms with E-state index in [1.54, 1.807) is 11.8 Å². The van der Waals surface area contributed by atoms with Crippen molar-refractivity contribution in [3.63, 3.8) is 0 Å². The molecule has 124 valence electrons. The van der Waals surface area contributed by atoms with Gasteiger partial charge in [-0.15, -0.1) is 11.8 Å². The van der Waals surface area contributed by atoms with E-state index in [4.69, 9.17) is 16.3 Å². The van der Waals surface area contributed by atoms with Gasteiger partial charge in [0.1, 0.15) is 12.4 Å². The molecule has 3 nitrogen and oxygen atoms in total. The number of hydrogen-bond acceptors (Lipinski definition) is 4. The lowest BCUT2D eigenvalue weighted by Gasteiger charge is -2.18. The van der Waals surface area contributed by atoms with E-state index >= 15 is 0 Å². The lowest BCUT2D eigenvalue weighted by Crippen LogP contribution is -2.34. The first-order chi connectivity index (χ1) is 11.1. The average Bonchev–Trinajstić information content (AvgIpc) is 2.58. The van der Waals surface area contributed by atoms with Crippen LogP contribution in [0, 0.1) is 0 Å². The lowest BCUT2D eigenvalue weighted by molar-refractivity contribution is 0.163. The highest BCUT2D eigenvalue weighted by molar-refractivity contribution is 7.98. The van der Waals surface area contributed by atoms with Crippen LogP contribution in [0.3, 0.4) is 0 Å². The molecule has 23 heavy (non-hydrogen) atoms. The first-order valence-electron chi connectivity index (χ1n) is 7.53. The third-order valence-electron chi connectivity index (χ3n) is 3.46. The molecule has 2 aromatic rings. The largest absolute Gasteiger partial charge is 0.492 e. The Morgan fingerprint density at radius 1 is 1.22 bits per heavy atom. The van der Waals surface area contributed by atoms with Gasteiger partial charge in [-0.3, -0.25) is 0 Å². The number of aliphatic hydroxyl groups is 1. The van der Waals surface area contributed by atoms with Crippen molar-refractivity contribution in [3.8, 4) is 5.75 Å². The lowest BCUT2D eigenvalue weighted by atomic mass is 10.1.